The lowest BCUT2D eigenvalue weighted by Gasteiger charge is -2.24. The standard InChI is InChI=1S/C23H19ClN2O4S/c1-4-30-23(27)18-7-5-16(6-8-18)21-14(2)20(26-13-25)15(3)22(31(21,28)29)17-9-11-19(24)12-10-17/h5-12H,4H2,1-3H3. The maximum Gasteiger partial charge on any atom is 0.338 e. The molecule has 8 heteroatoms. The Morgan fingerprint density at radius 3 is 1.94 bits per heavy atom. The van der Waals surface area contributed by atoms with Crippen LogP contribution in [-0.4, -0.2) is 26.7 Å². The number of aliphatic imine (C=N–C) groups is 1. The van der Waals surface area contributed by atoms with E-state index in [0.29, 0.717) is 38.6 Å². The molecule has 0 N–H and O–H groups in total. The van der Waals surface area contributed by atoms with E-state index in [-0.39, 0.29) is 16.4 Å². The molecule has 0 saturated carbocycles. The summed E-state index contributed by atoms with van der Waals surface area (Å²) in [7, 11) is -3.97. The van der Waals surface area contributed by atoms with E-state index in [9.17, 15) is 18.5 Å². The number of nitriles is 1. The zero-order chi connectivity index (χ0) is 22.8. The SMILES string of the molecule is CCOC(=O)c1ccc(C2=C(C)C(=NC#N)C(C)=C(c3ccc(Cl)cc3)S2(=O)=O)cc1. The molecule has 1 aliphatic heterocycles. The highest BCUT2D eigenvalue weighted by molar-refractivity contribution is 8.09. The molecular formula is C23H19ClN2O4S. The predicted molar refractivity (Wildman–Crippen MR) is 121 cm³/mol. The number of nitrogens with zero attached hydrogens (tertiary/aromatic N) is 2. The minimum atomic E-state index is -3.97. The molecule has 0 fully saturated rings. The zero-order valence-corrected chi connectivity index (χ0v) is 18.7. The van der Waals surface area contributed by atoms with Crippen LogP contribution in [0.3, 0.4) is 0 Å². The van der Waals surface area contributed by atoms with Gasteiger partial charge in [0.2, 0.25) is 16.0 Å². The van der Waals surface area contributed by atoms with Crippen LogP contribution in [0, 0.1) is 11.5 Å². The summed E-state index contributed by atoms with van der Waals surface area (Å²) in [6.07, 6.45) is 1.76. The number of esters is 1. The van der Waals surface area contributed by atoms with Crippen molar-refractivity contribution in [3.05, 3.63) is 81.4 Å². The maximum atomic E-state index is 13.7. The molecule has 6 nitrogen and oxygen atoms in total. The fraction of sp³-hybridized carbons (Fsp3) is 0.174. The second-order valence-electron chi connectivity index (χ2n) is 6.78. The average molecular weight is 455 g/mol. The van der Waals surface area contributed by atoms with Crippen LogP contribution in [0.2, 0.25) is 5.02 Å². The minimum absolute atomic E-state index is 0.0347. The second kappa shape index (κ2) is 8.88. The van der Waals surface area contributed by atoms with Crippen molar-refractivity contribution in [2.45, 2.75) is 20.8 Å². The Morgan fingerprint density at radius 2 is 1.48 bits per heavy atom. The zero-order valence-electron chi connectivity index (χ0n) is 17.1. The van der Waals surface area contributed by atoms with Gasteiger partial charge in [-0.1, -0.05) is 35.9 Å². The van der Waals surface area contributed by atoms with Crippen LogP contribution in [-0.2, 0) is 14.6 Å². The van der Waals surface area contributed by atoms with Gasteiger partial charge in [-0.05, 0) is 67.3 Å². The summed E-state index contributed by atoms with van der Waals surface area (Å²) >= 11 is 5.97. The lowest BCUT2D eigenvalue weighted by Crippen LogP contribution is -2.21. The number of carbonyl (C=O) groups is 1. The van der Waals surface area contributed by atoms with E-state index < -0.39 is 15.8 Å². The third kappa shape index (κ3) is 4.18. The van der Waals surface area contributed by atoms with Gasteiger partial charge in [-0.25, -0.2) is 13.2 Å². The number of carbonyl (C=O) groups excluding carboxylic acids is 1. The van der Waals surface area contributed by atoms with Crippen LogP contribution in [0.5, 0.6) is 0 Å². The smallest absolute Gasteiger partial charge is 0.338 e. The first kappa shape index (κ1) is 22.5. The quantitative estimate of drug-likeness (QED) is 0.476. The number of ether oxygens (including phenoxy) is 1. The lowest BCUT2D eigenvalue weighted by molar-refractivity contribution is 0.0526. The van der Waals surface area contributed by atoms with Gasteiger partial charge < -0.3 is 4.74 Å². The van der Waals surface area contributed by atoms with Crippen molar-refractivity contribution in [1.29, 1.82) is 5.26 Å². The Hall–Kier alpha value is -3.21. The molecule has 2 aromatic rings. The van der Waals surface area contributed by atoms with Gasteiger partial charge in [0.25, 0.3) is 0 Å². The van der Waals surface area contributed by atoms with E-state index in [1.807, 2.05) is 0 Å². The summed E-state index contributed by atoms with van der Waals surface area (Å²) in [6.45, 7) is 5.19. The van der Waals surface area contributed by atoms with Crippen molar-refractivity contribution >= 4 is 42.9 Å². The number of allylic oxidation sites excluding steroid dienone is 2. The predicted octanol–water partition coefficient (Wildman–Crippen LogP) is 5.03. The van der Waals surface area contributed by atoms with Crippen LogP contribution in [0.25, 0.3) is 9.81 Å². The molecule has 1 aliphatic rings. The van der Waals surface area contributed by atoms with Crippen LogP contribution in [0.15, 0.2) is 64.7 Å². The van der Waals surface area contributed by atoms with Gasteiger partial charge in [0, 0.05) is 5.02 Å². The monoisotopic (exact) mass is 454 g/mol. The van der Waals surface area contributed by atoms with E-state index in [0.717, 1.165) is 0 Å². The fourth-order valence-corrected chi connectivity index (χ4v) is 5.76. The molecule has 31 heavy (non-hydrogen) atoms. The Balaban J connectivity index is 2.22. The van der Waals surface area contributed by atoms with Crippen molar-refractivity contribution < 1.29 is 17.9 Å². The molecule has 0 aromatic heterocycles. The number of rotatable bonds is 4. The largest absolute Gasteiger partial charge is 0.462 e. The molecule has 0 saturated heterocycles. The van der Waals surface area contributed by atoms with Crippen molar-refractivity contribution in [3.63, 3.8) is 0 Å². The Morgan fingerprint density at radius 1 is 1.00 bits per heavy atom. The van der Waals surface area contributed by atoms with E-state index in [1.165, 1.54) is 12.1 Å². The van der Waals surface area contributed by atoms with Crippen molar-refractivity contribution in [3.8, 4) is 6.19 Å². The molecule has 0 amide bonds. The third-order valence-electron chi connectivity index (χ3n) is 4.86. The number of hydrogen-bond donors (Lipinski definition) is 0. The van der Waals surface area contributed by atoms with Gasteiger partial charge in [-0.2, -0.15) is 10.3 Å². The highest BCUT2D eigenvalue weighted by Gasteiger charge is 2.36. The summed E-state index contributed by atoms with van der Waals surface area (Å²) in [5.41, 5.74) is 2.18. The molecule has 1 heterocycles. The Labute approximate surface area is 186 Å². The summed E-state index contributed by atoms with van der Waals surface area (Å²) in [6, 6.07) is 12.6. The van der Waals surface area contributed by atoms with E-state index in [2.05, 4.69) is 4.99 Å². The fourth-order valence-electron chi connectivity index (χ4n) is 3.54. The minimum Gasteiger partial charge on any atom is -0.462 e. The molecule has 0 radical (unpaired) electrons. The Bertz CT molecular complexity index is 1280. The van der Waals surface area contributed by atoms with Gasteiger partial charge in [-0.15, -0.1) is 0 Å². The number of benzene rings is 2. The third-order valence-corrected chi connectivity index (χ3v) is 7.27. The Kier molecular flexibility index (Phi) is 6.44. The average Bonchev–Trinajstić information content (AvgIpc) is 2.73. The first-order valence-electron chi connectivity index (χ1n) is 9.40. The van der Waals surface area contributed by atoms with Crippen molar-refractivity contribution in [2.24, 2.45) is 4.99 Å². The van der Waals surface area contributed by atoms with Gasteiger partial charge in [-0.3, -0.25) is 0 Å². The van der Waals surface area contributed by atoms with Gasteiger partial charge in [0.15, 0.2) is 0 Å². The van der Waals surface area contributed by atoms with Crippen molar-refractivity contribution in [2.75, 3.05) is 6.61 Å². The normalized spacial score (nSPS) is 16.9. The summed E-state index contributed by atoms with van der Waals surface area (Å²) in [5.74, 6) is -0.490. The second-order valence-corrected chi connectivity index (χ2v) is 9.04. The maximum absolute atomic E-state index is 13.7. The molecular weight excluding hydrogens is 436 g/mol. The highest BCUT2D eigenvalue weighted by atomic mass is 35.5. The van der Waals surface area contributed by atoms with Gasteiger partial charge in [0.05, 0.1) is 27.7 Å². The number of hydrogen-bond acceptors (Lipinski definition) is 6. The summed E-state index contributed by atoms with van der Waals surface area (Å²) < 4.78 is 32.4. The lowest BCUT2D eigenvalue weighted by atomic mass is 9.98. The molecule has 0 bridgehead atoms. The molecule has 158 valence electrons. The summed E-state index contributed by atoms with van der Waals surface area (Å²) in [5, 5.41) is 9.66. The van der Waals surface area contributed by atoms with Crippen LogP contribution in [0.1, 0.15) is 42.3 Å². The van der Waals surface area contributed by atoms with Crippen LogP contribution < -0.4 is 0 Å². The number of sulfone groups is 1. The molecule has 0 spiro atoms. The molecule has 0 aliphatic carbocycles. The number of halogens is 1. The first-order valence-corrected chi connectivity index (χ1v) is 11.3. The van der Waals surface area contributed by atoms with Crippen LogP contribution in [0.4, 0.5) is 0 Å². The van der Waals surface area contributed by atoms with E-state index in [1.54, 1.807) is 63.4 Å². The van der Waals surface area contributed by atoms with E-state index >= 15 is 0 Å². The molecule has 2 aromatic carbocycles. The molecule has 0 atom stereocenters. The molecule has 3 rings (SSSR count). The summed E-state index contributed by atoms with van der Waals surface area (Å²) in [4.78, 5) is 15.9. The highest BCUT2D eigenvalue weighted by Crippen LogP contribution is 2.42. The van der Waals surface area contributed by atoms with Crippen molar-refractivity contribution in [1.82, 2.24) is 0 Å². The topological polar surface area (TPSA) is 96.6 Å². The van der Waals surface area contributed by atoms with E-state index in [4.69, 9.17) is 16.3 Å². The van der Waals surface area contributed by atoms with Gasteiger partial charge >= 0.3 is 5.97 Å². The van der Waals surface area contributed by atoms with Crippen LogP contribution >= 0.6 is 11.6 Å². The first-order chi connectivity index (χ1) is 14.7. The van der Waals surface area contributed by atoms with Gasteiger partial charge in [0.1, 0.15) is 0 Å². The molecule has 0 unspecified atom stereocenters.